The SMILES string of the molecule is CC1(C)c2cc(C=Cc3ccc(-c4ccc(N5c6ccccc6[Si](C)(C)C6C=CC=CC65)c5ccccc45)cc3)ccc2-c2ccc(N3c4ccccc4SC4C=CC=CC43)cc21. The Bertz CT molecular complexity index is 3150. The molecule has 0 radical (unpaired) electrons. The lowest BCUT2D eigenvalue weighted by molar-refractivity contribution is 0.659. The number of benzene rings is 7. The summed E-state index contributed by atoms with van der Waals surface area (Å²) in [5.74, 6) is 0. The summed E-state index contributed by atoms with van der Waals surface area (Å²) in [5, 5.41) is 4.50. The zero-order valence-corrected chi connectivity index (χ0v) is 38.1. The van der Waals surface area contributed by atoms with Crippen molar-refractivity contribution in [1.29, 1.82) is 0 Å². The minimum absolute atomic E-state index is 0.127. The molecule has 5 aliphatic rings. The van der Waals surface area contributed by atoms with Gasteiger partial charge in [0.2, 0.25) is 0 Å². The number of hydrogen-bond acceptors (Lipinski definition) is 3. The predicted octanol–water partition coefficient (Wildman–Crippen LogP) is 15.0. The summed E-state index contributed by atoms with van der Waals surface area (Å²) in [5.41, 5.74) is 16.0. The van der Waals surface area contributed by atoms with Crippen molar-refractivity contribution < 1.29 is 0 Å². The van der Waals surface area contributed by atoms with Gasteiger partial charge in [-0.3, -0.25) is 0 Å². The highest BCUT2D eigenvalue weighted by Crippen LogP contribution is 2.53. The van der Waals surface area contributed by atoms with Gasteiger partial charge in [0.1, 0.15) is 0 Å². The van der Waals surface area contributed by atoms with Gasteiger partial charge in [0.05, 0.1) is 31.1 Å². The molecular formula is C59H50N2SSi. The number of para-hydroxylation sites is 2. The second-order valence-electron chi connectivity index (χ2n) is 18.9. The van der Waals surface area contributed by atoms with Gasteiger partial charge in [-0.05, 0) is 91.5 Å². The molecule has 0 saturated heterocycles. The first-order chi connectivity index (χ1) is 30.8. The summed E-state index contributed by atoms with van der Waals surface area (Å²) in [6.45, 7) is 9.87. The summed E-state index contributed by atoms with van der Waals surface area (Å²) >= 11 is 1.97. The van der Waals surface area contributed by atoms with Crippen LogP contribution in [-0.4, -0.2) is 25.4 Å². The fraction of sp³-hybridized carbons (Fsp3) is 0.153. The molecular weight excluding hydrogens is 797 g/mol. The molecule has 12 rings (SSSR count). The molecule has 0 amide bonds. The normalized spacial score (nSPS) is 21.8. The Balaban J connectivity index is 0.826. The lowest BCUT2D eigenvalue weighted by Crippen LogP contribution is -2.59. The minimum atomic E-state index is -1.75. The van der Waals surface area contributed by atoms with Gasteiger partial charge >= 0.3 is 0 Å². The maximum Gasteiger partial charge on any atom is 0.0926 e. The van der Waals surface area contributed by atoms with Crippen LogP contribution in [0.2, 0.25) is 18.6 Å². The maximum absolute atomic E-state index is 2.63. The van der Waals surface area contributed by atoms with Crippen LogP contribution in [0.1, 0.15) is 36.1 Å². The number of hydrogen-bond donors (Lipinski definition) is 0. The molecule has 306 valence electrons. The van der Waals surface area contributed by atoms with E-state index in [0.717, 1.165) is 0 Å². The van der Waals surface area contributed by atoms with Gasteiger partial charge in [-0.25, -0.2) is 0 Å². The van der Waals surface area contributed by atoms with Crippen molar-refractivity contribution >= 4 is 70.7 Å². The topological polar surface area (TPSA) is 6.48 Å². The van der Waals surface area contributed by atoms with Crippen molar-refractivity contribution in [2.45, 2.75) is 60.1 Å². The highest BCUT2D eigenvalue weighted by Gasteiger charge is 2.46. The number of fused-ring (bicyclic) bond motifs is 8. The molecule has 7 aromatic carbocycles. The largest absolute Gasteiger partial charge is 0.334 e. The molecule has 0 spiro atoms. The molecule has 0 fully saturated rings. The third-order valence-corrected chi connectivity index (χ3v) is 20.0. The smallest absolute Gasteiger partial charge is 0.0926 e. The Hall–Kier alpha value is -6.33. The third-order valence-electron chi connectivity index (χ3n) is 14.7. The second kappa shape index (κ2) is 14.6. The highest BCUT2D eigenvalue weighted by atomic mass is 32.2. The van der Waals surface area contributed by atoms with Crippen LogP contribution in [-0.2, 0) is 5.41 Å². The molecule has 4 heteroatoms. The Morgan fingerprint density at radius 3 is 2.00 bits per heavy atom. The van der Waals surface area contributed by atoms with E-state index in [4.69, 9.17) is 0 Å². The van der Waals surface area contributed by atoms with Gasteiger partial charge < -0.3 is 9.80 Å². The molecule has 4 atom stereocenters. The number of nitrogens with zero attached hydrogens (tertiary/aromatic N) is 2. The van der Waals surface area contributed by atoms with Gasteiger partial charge in [0, 0.05) is 38.3 Å². The highest BCUT2D eigenvalue weighted by molar-refractivity contribution is 8.00. The first kappa shape index (κ1) is 38.4. The first-order valence-corrected chi connectivity index (χ1v) is 26.4. The predicted molar refractivity (Wildman–Crippen MR) is 274 cm³/mol. The first-order valence-electron chi connectivity index (χ1n) is 22.5. The van der Waals surface area contributed by atoms with Gasteiger partial charge in [0.25, 0.3) is 0 Å². The Morgan fingerprint density at radius 1 is 0.524 bits per heavy atom. The van der Waals surface area contributed by atoms with E-state index in [9.17, 15) is 0 Å². The van der Waals surface area contributed by atoms with Crippen LogP contribution >= 0.6 is 11.8 Å². The average Bonchev–Trinajstić information content (AvgIpc) is 3.54. The van der Waals surface area contributed by atoms with Crippen molar-refractivity contribution in [3.05, 3.63) is 216 Å². The van der Waals surface area contributed by atoms with E-state index in [1.807, 2.05) is 11.8 Å². The van der Waals surface area contributed by atoms with E-state index in [1.165, 1.54) is 88.1 Å². The van der Waals surface area contributed by atoms with Gasteiger partial charge in [-0.2, -0.15) is 0 Å². The van der Waals surface area contributed by atoms with Crippen LogP contribution in [0.4, 0.5) is 22.7 Å². The molecule has 7 aromatic rings. The molecule has 2 nitrogen and oxygen atoms in total. The van der Waals surface area contributed by atoms with E-state index in [2.05, 4.69) is 243 Å². The van der Waals surface area contributed by atoms with Crippen LogP contribution in [0.15, 0.2) is 199 Å². The zero-order chi connectivity index (χ0) is 42.5. The van der Waals surface area contributed by atoms with E-state index >= 15 is 0 Å². The number of anilines is 4. The van der Waals surface area contributed by atoms with Crippen molar-refractivity contribution in [3.63, 3.8) is 0 Å². The standard InChI is InChI=1S/C59H50N2SSi/c1-59(2)48-37-40(29-33-45(48)46-34-32-42(38-49(46)59)60-51-17-7-11-21-55(51)62-56-22-12-8-18-52(56)60)26-25-39-27-30-41(31-28-39)43-35-36-50(47-16-6-5-15-44(43)47)61-53-19-9-13-23-57(53)63(3,4)58-24-14-10-20-54(58)61/h5-38,51,53,55,57H,1-4H3. The summed E-state index contributed by atoms with van der Waals surface area (Å²) in [6, 6.07) is 55.6. The lowest BCUT2D eigenvalue weighted by atomic mass is 9.81. The molecule has 3 aliphatic carbocycles. The molecule has 4 unspecified atom stereocenters. The molecule has 0 saturated carbocycles. The molecule has 2 heterocycles. The average molecular weight is 847 g/mol. The summed E-state index contributed by atoms with van der Waals surface area (Å²) in [6.07, 6.45) is 23.1. The minimum Gasteiger partial charge on any atom is -0.334 e. The van der Waals surface area contributed by atoms with Crippen molar-refractivity contribution in [2.75, 3.05) is 9.80 Å². The fourth-order valence-corrected chi connectivity index (χ4v) is 16.1. The van der Waals surface area contributed by atoms with E-state index in [1.54, 1.807) is 0 Å². The lowest BCUT2D eigenvalue weighted by Gasteiger charge is -2.50. The Morgan fingerprint density at radius 2 is 1.16 bits per heavy atom. The Kier molecular flexibility index (Phi) is 8.90. The third kappa shape index (κ3) is 6.06. The molecule has 0 bridgehead atoms. The van der Waals surface area contributed by atoms with Gasteiger partial charge in [-0.1, -0.05) is 197 Å². The van der Waals surface area contributed by atoms with Gasteiger partial charge in [0.15, 0.2) is 0 Å². The molecule has 0 aromatic heterocycles. The van der Waals surface area contributed by atoms with E-state index < -0.39 is 8.07 Å². The van der Waals surface area contributed by atoms with E-state index in [-0.39, 0.29) is 11.5 Å². The zero-order valence-electron chi connectivity index (χ0n) is 36.2. The quantitative estimate of drug-likeness (QED) is 0.126. The van der Waals surface area contributed by atoms with Crippen LogP contribution in [0, 0.1) is 0 Å². The van der Waals surface area contributed by atoms with Gasteiger partial charge in [-0.15, -0.1) is 11.8 Å². The van der Waals surface area contributed by atoms with Crippen LogP contribution in [0.25, 0.3) is 45.2 Å². The molecule has 2 aliphatic heterocycles. The fourth-order valence-electron chi connectivity index (χ4n) is 11.4. The summed E-state index contributed by atoms with van der Waals surface area (Å²) in [4.78, 5) is 6.53. The van der Waals surface area contributed by atoms with Crippen LogP contribution in [0.5, 0.6) is 0 Å². The maximum atomic E-state index is 2.63. The van der Waals surface area contributed by atoms with Crippen LogP contribution in [0.3, 0.4) is 0 Å². The monoisotopic (exact) mass is 846 g/mol. The number of allylic oxidation sites excluding steroid dienone is 4. The number of rotatable bonds is 5. The van der Waals surface area contributed by atoms with Crippen molar-refractivity contribution in [1.82, 2.24) is 0 Å². The van der Waals surface area contributed by atoms with Crippen LogP contribution < -0.4 is 15.0 Å². The second-order valence-corrected chi connectivity index (χ2v) is 24.7. The molecule has 0 N–H and O–H groups in total. The summed E-state index contributed by atoms with van der Waals surface area (Å²) in [7, 11) is -1.75. The Labute approximate surface area is 377 Å². The summed E-state index contributed by atoms with van der Waals surface area (Å²) < 4.78 is 0. The van der Waals surface area contributed by atoms with Crippen molar-refractivity contribution in [2.24, 2.45) is 0 Å². The van der Waals surface area contributed by atoms with Crippen molar-refractivity contribution in [3.8, 4) is 22.3 Å². The molecule has 63 heavy (non-hydrogen) atoms. The number of thioether (sulfide) groups is 1. The van der Waals surface area contributed by atoms with E-state index in [0.29, 0.717) is 16.8 Å².